The number of benzene rings is 1. The van der Waals surface area contributed by atoms with Gasteiger partial charge in [0.15, 0.2) is 0 Å². The average Bonchev–Trinajstić information content (AvgIpc) is 2.41. The summed E-state index contributed by atoms with van der Waals surface area (Å²) < 4.78 is 37.5. The highest BCUT2D eigenvalue weighted by molar-refractivity contribution is 5.96. The Kier molecular flexibility index (Phi) is 3.93. The van der Waals surface area contributed by atoms with Gasteiger partial charge < -0.3 is 10.2 Å². The molecule has 1 aromatic carbocycles. The van der Waals surface area contributed by atoms with E-state index in [9.17, 15) is 22.8 Å². The van der Waals surface area contributed by atoms with Crippen LogP contribution in [0, 0.1) is 0 Å². The minimum atomic E-state index is -4.39. The molecule has 4 nitrogen and oxygen atoms in total. The lowest BCUT2D eigenvalue weighted by Crippen LogP contribution is -2.60. The van der Waals surface area contributed by atoms with E-state index in [1.54, 1.807) is 13.8 Å². The predicted octanol–water partition coefficient (Wildman–Crippen LogP) is 1.94. The third-order valence-corrected chi connectivity index (χ3v) is 3.49. The molecule has 114 valence electrons. The number of halogens is 3. The highest BCUT2D eigenvalue weighted by atomic mass is 19.4. The van der Waals surface area contributed by atoms with Crippen molar-refractivity contribution in [1.29, 1.82) is 0 Å². The molecule has 1 heterocycles. The van der Waals surface area contributed by atoms with Gasteiger partial charge in [0.25, 0.3) is 0 Å². The van der Waals surface area contributed by atoms with Gasteiger partial charge in [-0.15, -0.1) is 0 Å². The normalized spacial score (nSPS) is 23.2. The molecule has 2 atom stereocenters. The van der Waals surface area contributed by atoms with Crippen molar-refractivity contribution in [2.24, 2.45) is 0 Å². The molecule has 0 spiro atoms. The van der Waals surface area contributed by atoms with Gasteiger partial charge >= 0.3 is 6.18 Å². The van der Waals surface area contributed by atoms with Gasteiger partial charge in [-0.2, -0.15) is 13.2 Å². The fraction of sp³-hybridized carbons (Fsp3) is 0.429. The molecule has 1 aliphatic heterocycles. The Balaban J connectivity index is 2.17. The van der Waals surface area contributed by atoms with Crippen molar-refractivity contribution in [3.05, 3.63) is 35.4 Å². The van der Waals surface area contributed by atoms with Gasteiger partial charge in [-0.05, 0) is 31.5 Å². The lowest BCUT2D eigenvalue weighted by Gasteiger charge is -2.36. The lowest BCUT2D eigenvalue weighted by molar-refractivity contribution is -0.148. The molecule has 0 saturated carbocycles. The van der Waals surface area contributed by atoms with Crippen LogP contribution in [0.25, 0.3) is 0 Å². The Bertz CT molecular complexity index is 554. The molecule has 1 aromatic rings. The van der Waals surface area contributed by atoms with Crippen molar-refractivity contribution in [1.82, 2.24) is 10.2 Å². The van der Waals surface area contributed by atoms with Gasteiger partial charge in [0.1, 0.15) is 12.1 Å². The summed E-state index contributed by atoms with van der Waals surface area (Å²) in [6, 6.07) is 3.31. The number of alkyl halides is 3. The van der Waals surface area contributed by atoms with Gasteiger partial charge in [0.2, 0.25) is 11.8 Å². The Morgan fingerprint density at radius 3 is 2.24 bits per heavy atom. The van der Waals surface area contributed by atoms with E-state index in [0.717, 1.165) is 12.1 Å². The molecular formula is C14H15F3N2O2. The third-order valence-electron chi connectivity index (χ3n) is 3.49. The van der Waals surface area contributed by atoms with Crippen LogP contribution in [0.5, 0.6) is 0 Å². The zero-order valence-corrected chi connectivity index (χ0v) is 11.6. The van der Waals surface area contributed by atoms with E-state index >= 15 is 0 Å². The maximum absolute atomic E-state index is 12.5. The topological polar surface area (TPSA) is 49.4 Å². The van der Waals surface area contributed by atoms with Gasteiger partial charge in [-0.3, -0.25) is 9.59 Å². The van der Waals surface area contributed by atoms with Crippen molar-refractivity contribution < 1.29 is 22.8 Å². The molecule has 1 N–H and O–H groups in total. The lowest BCUT2D eigenvalue weighted by atomic mass is 10.1. The van der Waals surface area contributed by atoms with Crippen molar-refractivity contribution in [3.8, 4) is 0 Å². The fourth-order valence-electron chi connectivity index (χ4n) is 2.19. The van der Waals surface area contributed by atoms with Crippen LogP contribution in [0.2, 0.25) is 0 Å². The molecule has 2 rings (SSSR count). The smallest absolute Gasteiger partial charge is 0.343 e. The quantitative estimate of drug-likeness (QED) is 0.907. The fourth-order valence-corrected chi connectivity index (χ4v) is 2.19. The van der Waals surface area contributed by atoms with Crippen LogP contribution in [0.4, 0.5) is 13.2 Å². The first-order chi connectivity index (χ1) is 9.70. The second-order valence-corrected chi connectivity index (χ2v) is 5.07. The standard InChI is InChI=1S/C14H15F3N2O2/c1-8-13(21)19(9(2)12(20)18-8)7-10-3-5-11(6-4-10)14(15,16)17/h3-6,8-9H,7H2,1-2H3,(H,18,20). The van der Waals surface area contributed by atoms with E-state index < -0.39 is 23.8 Å². The third kappa shape index (κ3) is 3.17. The SMILES string of the molecule is CC1NC(=O)C(C)N(Cc2ccc(C(F)(F)F)cc2)C1=O. The first-order valence-corrected chi connectivity index (χ1v) is 6.47. The van der Waals surface area contributed by atoms with Crippen LogP contribution in [0.3, 0.4) is 0 Å². The van der Waals surface area contributed by atoms with Gasteiger partial charge in [-0.25, -0.2) is 0 Å². The van der Waals surface area contributed by atoms with E-state index in [-0.39, 0.29) is 18.4 Å². The van der Waals surface area contributed by atoms with Crippen LogP contribution < -0.4 is 5.32 Å². The molecule has 0 bridgehead atoms. The van der Waals surface area contributed by atoms with Crippen LogP contribution in [0.1, 0.15) is 25.0 Å². The molecule has 2 amide bonds. The molecular weight excluding hydrogens is 285 g/mol. The molecule has 1 aliphatic rings. The first kappa shape index (κ1) is 15.3. The van der Waals surface area contributed by atoms with Gasteiger partial charge in [0.05, 0.1) is 5.56 Å². The molecule has 0 aliphatic carbocycles. The zero-order chi connectivity index (χ0) is 15.8. The number of carbonyl (C=O) groups is 2. The molecule has 1 fully saturated rings. The number of amides is 2. The number of hydrogen-bond donors (Lipinski definition) is 1. The second-order valence-electron chi connectivity index (χ2n) is 5.07. The highest BCUT2D eigenvalue weighted by Crippen LogP contribution is 2.29. The Morgan fingerprint density at radius 1 is 1.14 bits per heavy atom. The Morgan fingerprint density at radius 2 is 1.71 bits per heavy atom. The number of rotatable bonds is 2. The summed E-state index contributed by atoms with van der Waals surface area (Å²) in [5, 5.41) is 2.54. The summed E-state index contributed by atoms with van der Waals surface area (Å²) in [6.07, 6.45) is -4.39. The zero-order valence-electron chi connectivity index (χ0n) is 11.6. The summed E-state index contributed by atoms with van der Waals surface area (Å²) in [5.41, 5.74) is -0.194. The average molecular weight is 300 g/mol. The summed E-state index contributed by atoms with van der Waals surface area (Å²) in [4.78, 5) is 25.1. The second kappa shape index (κ2) is 5.38. The molecule has 2 unspecified atom stereocenters. The number of carbonyl (C=O) groups excluding carboxylic acids is 2. The van der Waals surface area contributed by atoms with Crippen LogP contribution >= 0.6 is 0 Å². The number of nitrogens with zero attached hydrogens (tertiary/aromatic N) is 1. The summed E-state index contributed by atoms with van der Waals surface area (Å²) in [6.45, 7) is 3.27. The number of piperazine rings is 1. The number of nitrogens with one attached hydrogen (secondary N) is 1. The van der Waals surface area contributed by atoms with Crippen LogP contribution in [-0.4, -0.2) is 28.8 Å². The van der Waals surface area contributed by atoms with E-state index in [1.807, 2.05) is 0 Å². The largest absolute Gasteiger partial charge is 0.416 e. The van der Waals surface area contributed by atoms with Crippen molar-refractivity contribution in [3.63, 3.8) is 0 Å². The summed E-state index contributed by atoms with van der Waals surface area (Å²) in [7, 11) is 0. The molecule has 0 aromatic heterocycles. The van der Waals surface area contributed by atoms with E-state index in [1.165, 1.54) is 17.0 Å². The van der Waals surface area contributed by atoms with Crippen molar-refractivity contribution in [2.75, 3.05) is 0 Å². The molecule has 21 heavy (non-hydrogen) atoms. The van der Waals surface area contributed by atoms with Gasteiger partial charge in [-0.1, -0.05) is 12.1 Å². The van der Waals surface area contributed by atoms with E-state index in [2.05, 4.69) is 5.32 Å². The summed E-state index contributed by atoms with van der Waals surface area (Å²) in [5.74, 6) is -0.518. The van der Waals surface area contributed by atoms with Crippen LogP contribution in [-0.2, 0) is 22.3 Å². The Hall–Kier alpha value is -2.05. The first-order valence-electron chi connectivity index (χ1n) is 6.47. The van der Waals surface area contributed by atoms with Gasteiger partial charge in [0, 0.05) is 6.54 Å². The minimum absolute atomic E-state index is 0.107. The Labute approximate surface area is 119 Å². The number of hydrogen-bond acceptors (Lipinski definition) is 2. The maximum Gasteiger partial charge on any atom is 0.416 e. The summed E-state index contributed by atoms with van der Waals surface area (Å²) >= 11 is 0. The van der Waals surface area contributed by atoms with E-state index in [4.69, 9.17) is 0 Å². The monoisotopic (exact) mass is 300 g/mol. The maximum atomic E-state index is 12.5. The predicted molar refractivity (Wildman–Crippen MR) is 69.1 cm³/mol. The van der Waals surface area contributed by atoms with E-state index in [0.29, 0.717) is 5.56 Å². The highest BCUT2D eigenvalue weighted by Gasteiger charge is 2.36. The van der Waals surface area contributed by atoms with Crippen molar-refractivity contribution in [2.45, 2.75) is 38.7 Å². The minimum Gasteiger partial charge on any atom is -0.343 e. The van der Waals surface area contributed by atoms with Crippen LogP contribution in [0.15, 0.2) is 24.3 Å². The van der Waals surface area contributed by atoms with Crippen molar-refractivity contribution >= 4 is 11.8 Å². The molecule has 7 heteroatoms. The molecule has 1 saturated heterocycles. The molecule has 0 radical (unpaired) electrons.